The van der Waals surface area contributed by atoms with Gasteiger partial charge in [0.25, 0.3) is 21.0 Å². The summed E-state index contributed by atoms with van der Waals surface area (Å²) in [6.45, 7) is 0. The van der Waals surface area contributed by atoms with Crippen LogP contribution in [0, 0.1) is 0 Å². The van der Waals surface area contributed by atoms with Gasteiger partial charge in [-0.1, -0.05) is 0 Å². The van der Waals surface area contributed by atoms with Gasteiger partial charge in [0, 0.05) is 16.9 Å². The van der Waals surface area contributed by atoms with Crippen molar-refractivity contribution in [2.75, 3.05) is 0 Å². The monoisotopic (exact) mass is 321 g/mol. The lowest BCUT2D eigenvalue weighted by Gasteiger charge is -2.06. The quantitative estimate of drug-likeness (QED) is 0.847. The highest BCUT2D eigenvalue weighted by molar-refractivity contribution is 9.10. The zero-order valence-electron chi connectivity index (χ0n) is 6.80. The van der Waals surface area contributed by atoms with Crippen molar-refractivity contribution in [2.45, 2.75) is 11.3 Å². The molecule has 0 atom stereocenters. The zero-order valence-corrected chi connectivity index (χ0v) is 9.96. The topological polar surface area (TPSA) is 67.0 Å². The van der Waals surface area contributed by atoms with Gasteiger partial charge in [-0.15, -0.1) is 0 Å². The normalized spacial score (nSPS) is 12.1. The van der Waals surface area contributed by atoms with Crippen molar-refractivity contribution in [1.82, 2.24) is 4.98 Å². The fourth-order valence-corrected chi connectivity index (χ4v) is 3.43. The summed E-state index contributed by atoms with van der Waals surface area (Å²) in [6.07, 6.45) is -2.29. The van der Waals surface area contributed by atoms with Gasteiger partial charge in [0.2, 0.25) is 0 Å². The van der Waals surface area contributed by atoms with Gasteiger partial charge in [-0.25, -0.2) is 17.2 Å². The van der Waals surface area contributed by atoms with E-state index >= 15 is 0 Å². The minimum absolute atomic E-state index is 0.215. The van der Waals surface area contributed by atoms with E-state index < -0.39 is 31.5 Å². The van der Waals surface area contributed by atoms with Crippen LogP contribution in [0.5, 0.6) is 0 Å². The molecular weight excluding hydrogens is 319 g/mol. The Morgan fingerprint density at radius 3 is 2.33 bits per heavy atom. The van der Waals surface area contributed by atoms with Crippen molar-refractivity contribution in [3.63, 3.8) is 0 Å². The largest absolute Gasteiger partial charge is 0.327 e. The van der Waals surface area contributed by atoms with Crippen molar-refractivity contribution >= 4 is 35.7 Å². The summed E-state index contributed by atoms with van der Waals surface area (Å²) in [4.78, 5) is 12.1. The van der Waals surface area contributed by atoms with E-state index in [1.807, 2.05) is 4.98 Å². The summed E-state index contributed by atoms with van der Waals surface area (Å²) < 4.78 is 46.6. The molecule has 0 unspecified atom stereocenters. The molecule has 9 heteroatoms. The summed E-state index contributed by atoms with van der Waals surface area (Å²) in [7, 11) is 0.535. The summed E-state index contributed by atoms with van der Waals surface area (Å²) in [5.41, 5.74) is -2.35. The number of H-pyrrole nitrogens is 1. The molecule has 0 saturated carbocycles. The van der Waals surface area contributed by atoms with E-state index in [0.29, 0.717) is 0 Å². The van der Waals surface area contributed by atoms with Gasteiger partial charge in [0.15, 0.2) is 0 Å². The number of nitrogens with one attached hydrogen (secondary N) is 1. The predicted molar refractivity (Wildman–Crippen MR) is 52.8 cm³/mol. The Balaban J connectivity index is 3.77. The van der Waals surface area contributed by atoms with Crippen LogP contribution in [0.3, 0.4) is 0 Å². The van der Waals surface area contributed by atoms with E-state index in [4.69, 9.17) is 10.7 Å². The number of halogens is 4. The molecule has 1 heterocycles. The fourth-order valence-electron chi connectivity index (χ4n) is 0.950. The van der Waals surface area contributed by atoms with Crippen LogP contribution in [-0.4, -0.2) is 13.4 Å². The first-order chi connectivity index (χ1) is 6.75. The van der Waals surface area contributed by atoms with E-state index in [1.165, 1.54) is 0 Å². The minimum atomic E-state index is -4.41. The highest BCUT2D eigenvalue weighted by Crippen LogP contribution is 2.31. The molecule has 15 heavy (non-hydrogen) atoms. The molecule has 1 aromatic heterocycles. The molecule has 0 aliphatic rings. The first-order valence-corrected chi connectivity index (χ1v) is 6.49. The average molecular weight is 323 g/mol. The number of pyridine rings is 1. The van der Waals surface area contributed by atoms with Gasteiger partial charge in [-0.2, -0.15) is 0 Å². The molecule has 0 aliphatic carbocycles. The number of alkyl halides is 2. The summed E-state index contributed by atoms with van der Waals surface area (Å²) in [6, 6.07) is 0. The standard InChI is InChI=1S/C6H3BrClF2NO3S/c7-2-1-11-6(12)3(5(9)10)4(2)15(8,13)14/h1,5H,(H,11,12). The maximum Gasteiger partial charge on any atom is 0.270 e. The van der Waals surface area contributed by atoms with Crippen LogP contribution in [0.15, 0.2) is 20.4 Å². The highest BCUT2D eigenvalue weighted by Gasteiger charge is 2.27. The van der Waals surface area contributed by atoms with Crippen LogP contribution in [0.4, 0.5) is 8.78 Å². The van der Waals surface area contributed by atoms with Gasteiger partial charge >= 0.3 is 0 Å². The van der Waals surface area contributed by atoms with Crippen LogP contribution in [0.25, 0.3) is 0 Å². The van der Waals surface area contributed by atoms with E-state index in [9.17, 15) is 22.0 Å². The van der Waals surface area contributed by atoms with Crippen molar-refractivity contribution in [1.29, 1.82) is 0 Å². The zero-order chi connectivity index (χ0) is 11.8. The predicted octanol–water partition coefficient (Wildman–Crippen LogP) is 2.00. The second kappa shape index (κ2) is 4.18. The molecule has 0 aromatic carbocycles. The van der Waals surface area contributed by atoms with E-state index in [1.54, 1.807) is 0 Å². The van der Waals surface area contributed by atoms with Crippen molar-refractivity contribution in [2.24, 2.45) is 0 Å². The SMILES string of the molecule is O=c1[nH]cc(Br)c(S(=O)(=O)Cl)c1C(F)F. The Kier molecular flexibility index (Phi) is 3.51. The van der Waals surface area contributed by atoms with Crippen LogP contribution >= 0.6 is 26.6 Å². The maximum absolute atomic E-state index is 12.4. The Labute approximate surface area is 95.8 Å². The van der Waals surface area contributed by atoms with E-state index in [0.717, 1.165) is 6.20 Å². The van der Waals surface area contributed by atoms with Gasteiger partial charge in [-0.3, -0.25) is 4.79 Å². The van der Waals surface area contributed by atoms with Gasteiger partial charge in [-0.05, 0) is 15.9 Å². The lowest BCUT2D eigenvalue weighted by atomic mass is 10.3. The lowest BCUT2D eigenvalue weighted by Crippen LogP contribution is -2.17. The first-order valence-electron chi connectivity index (χ1n) is 3.39. The van der Waals surface area contributed by atoms with Crippen molar-refractivity contribution < 1.29 is 17.2 Å². The summed E-state index contributed by atoms with van der Waals surface area (Å²) in [5.74, 6) is 0. The third-order valence-corrected chi connectivity index (χ3v) is 3.78. The van der Waals surface area contributed by atoms with Crippen LogP contribution < -0.4 is 5.56 Å². The molecule has 0 radical (unpaired) electrons. The minimum Gasteiger partial charge on any atom is -0.327 e. The molecule has 0 saturated heterocycles. The fraction of sp³-hybridized carbons (Fsp3) is 0.167. The molecule has 1 aromatic rings. The molecule has 0 spiro atoms. The Morgan fingerprint density at radius 2 is 2.00 bits per heavy atom. The van der Waals surface area contributed by atoms with Crippen molar-refractivity contribution in [3.8, 4) is 0 Å². The van der Waals surface area contributed by atoms with Crippen LogP contribution in [0.1, 0.15) is 12.0 Å². The molecule has 1 N–H and O–H groups in total. The van der Waals surface area contributed by atoms with Crippen LogP contribution in [-0.2, 0) is 9.05 Å². The Bertz CT molecular complexity index is 542. The molecule has 0 bridgehead atoms. The number of hydrogen-bond acceptors (Lipinski definition) is 3. The van der Waals surface area contributed by atoms with Gasteiger partial charge in [0.1, 0.15) is 10.5 Å². The summed E-state index contributed by atoms with van der Waals surface area (Å²) in [5, 5.41) is 0. The van der Waals surface area contributed by atoms with Crippen molar-refractivity contribution in [3.05, 3.63) is 26.6 Å². The van der Waals surface area contributed by atoms with Crippen LogP contribution in [0.2, 0.25) is 0 Å². The first kappa shape index (κ1) is 12.6. The third kappa shape index (κ3) is 2.56. The van der Waals surface area contributed by atoms with E-state index in [2.05, 4.69) is 15.9 Å². The number of aromatic amines is 1. The molecule has 0 amide bonds. The molecule has 84 valence electrons. The van der Waals surface area contributed by atoms with Gasteiger partial charge in [0.05, 0.1) is 4.47 Å². The number of aromatic nitrogens is 1. The number of rotatable bonds is 2. The number of hydrogen-bond donors (Lipinski definition) is 1. The molecule has 0 aliphatic heterocycles. The molecule has 0 fully saturated rings. The maximum atomic E-state index is 12.4. The second-order valence-corrected chi connectivity index (χ2v) is 5.80. The lowest BCUT2D eigenvalue weighted by molar-refractivity contribution is 0.146. The highest BCUT2D eigenvalue weighted by atomic mass is 79.9. The Morgan fingerprint density at radius 1 is 1.47 bits per heavy atom. The second-order valence-electron chi connectivity index (χ2n) is 2.45. The molecular formula is C6H3BrClF2NO3S. The summed E-state index contributed by atoms with van der Waals surface area (Å²) >= 11 is 2.72. The Hall–Kier alpha value is -0.470. The van der Waals surface area contributed by atoms with E-state index in [-0.39, 0.29) is 4.47 Å². The molecule has 4 nitrogen and oxygen atoms in total. The average Bonchev–Trinajstić information content (AvgIpc) is 2.05. The smallest absolute Gasteiger partial charge is 0.270 e. The third-order valence-electron chi connectivity index (χ3n) is 1.50. The van der Waals surface area contributed by atoms with Gasteiger partial charge < -0.3 is 4.98 Å². The molecule has 1 rings (SSSR count).